The molecule has 0 aliphatic carbocycles. The van der Waals surface area contributed by atoms with Crippen LogP contribution in [0, 0.1) is 0 Å². The van der Waals surface area contributed by atoms with Gasteiger partial charge in [0.1, 0.15) is 0 Å². The number of halogens is 1. The standard InChI is InChI=1S/C4H8IO3P/c5-9(6)7-3-1-2-4-8-9/h1-4H2. The van der Waals surface area contributed by atoms with Crippen molar-refractivity contribution in [3.05, 3.63) is 0 Å². The summed E-state index contributed by atoms with van der Waals surface area (Å²) in [6, 6.07) is 0. The van der Waals surface area contributed by atoms with Crippen LogP contribution in [-0.4, -0.2) is 13.2 Å². The van der Waals surface area contributed by atoms with E-state index in [0.29, 0.717) is 13.2 Å². The molecule has 3 nitrogen and oxygen atoms in total. The van der Waals surface area contributed by atoms with E-state index in [-0.39, 0.29) is 0 Å². The second-order valence-corrected chi connectivity index (χ2v) is 6.73. The highest BCUT2D eigenvalue weighted by molar-refractivity contribution is 14.2. The van der Waals surface area contributed by atoms with Gasteiger partial charge in [0.05, 0.1) is 35.3 Å². The number of rotatable bonds is 0. The van der Waals surface area contributed by atoms with Crippen molar-refractivity contribution in [1.29, 1.82) is 0 Å². The Labute approximate surface area is 67.1 Å². The van der Waals surface area contributed by atoms with E-state index in [2.05, 4.69) is 0 Å². The zero-order valence-electron chi connectivity index (χ0n) is 4.88. The molecule has 9 heavy (non-hydrogen) atoms. The molecule has 1 heterocycles. The maximum absolute atomic E-state index is 11.0. The van der Waals surface area contributed by atoms with Crippen molar-refractivity contribution < 1.29 is 13.6 Å². The highest BCUT2D eigenvalue weighted by atomic mass is 127. The van der Waals surface area contributed by atoms with Crippen LogP contribution < -0.4 is 0 Å². The van der Waals surface area contributed by atoms with Gasteiger partial charge in [0, 0.05) is 0 Å². The summed E-state index contributed by atoms with van der Waals surface area (Å²) in [6.45, 7) is 1.14. The molecule has 0 aromatic rings. The van der Waals surface area contributed by atoms with Crippen molar-refractivity contribution >= 4 is 27.3 Å². The van der Waals surface area contributed by atoms with E-state index in [0.717, 1.165) is 12.8 Å². The number of hydrogen-bond donors (Lipinski definition) is 0. The molecular formula is C4H8IO3P. The highest BCUT2D eigenvalue weighted by Crippen LogP contribution is 2.57. The van der Waals surface area contributed by atoms with Crippen LogP contribution in [0.15, 0.2) is 0 Å². The minimum absolute atomic E-state index is 0.570. The fourth-order valence-electron chi connectivity index (χ4n) is 0.589. The van der Waals surface area contributed by atoms with Crippen LogP contribution in [0.5, 0.6) is 0 Å². The molecule has 1 rings (SSSR count). The third-order valence-electron chi connectivity index (χ3n) is 1.03. The van der Waals surface area contributed by atoms with Gasteiger partial charge in [-0.05, 0) is 12.8 Å². The molecule has 0 saturated carbocycles. The third-order valence-corrected chi connectivity index (χ3v) is 3.68. The molecule has 1 saturated heterocycles. The molecule has 0 amide bonds. The monoisotopic (exact) mass is 262 g/mol. The average molecular weight is 262 g/mol. The summed E-state index contributed by atoms with van der Waals surface area (Å²) in [5, 5.41) is -2.66. The Morgan fingerprint density at radius 2 is 1.67 bits per heavy atom. The molecule has 54 valence electrons. The second kappa shape index (κ2) is 3.32. The van der Waals surface area contributed by atoms with Crippen LogP contribution in [-0.2, 0) is 13.6 Å². The van der Waals surface area contributed by atoms with Gasteiger partial charge in [0.15, 0.2) is 0 Å². The Balaban J connectivity index is 2.45. The summed E-state index contributed by atoms with van der Waals surface area (Å²) in [5.74, 6) is 0. The van der Waals surface area contributed by atoms with Crippen LogP contribution in [0.25, 0.3) is 0 Å². The molecular weight excluding hydrogens is 254 g/mol. The van der Waals surface area contributed by atoms with Gasteiger partial charge in [-0.15, -0.1) is 0 Å². The smallest absolute Gasteiger partial charge is 0.301 e. The fourth-order valence-corrected chi connectivity index (χ4v) is 2.54. The molecule has 5 heteroatoms. The van der Waals surface area contributed by atoms with E-state index in [1.807, 2.05) is 0 Å². The van der Waals surface area contributed by atoms with Crippen molar-refractivity contribution in [2.45, 2.75) is 12.8 Å². The van der Waals surface area contributed by atoms with E-state index in [4.69, 9.17) is 9.05 Å². The van der Waals surface area contributed by atoms with Crippen LogP contribution in [0.1, 0.15) is 12.8 Å². The first-order valence-electron chi connectivity index (χ1n) is 2.79. The summed E-state index contributed by atoms with van der Waals surface area (Å²) in [6.07, 6.45) is 1.90. The Kier molecular flexibility index (Phi) is 2.95. The molecule has 1 fully saturated rings. The summed E-state index contributed by atoms with van der Waals surface area (Å²) in [4.78, 5) is 0. The van der Waals surface area contributed by atoms with Gasteiger partial charge >= 0.3 is 5.24 Å². The molecule has 1 aliphatic rings. The molecule has 0 radical (unpaired) electrons. The molecule has 0 N–H and O–H groups in total. The minimum atomic E-state index is -2.66. The predicted octanol–water partition coefficient (Wildman–Crippen LogP) is 2.36. The summed E-state index contributed by atoms with van der Waals surface area (Å²) in [7, 11) is 0. The van der Waals surface area contributed by atoms with Gasteiger partial charge in [-0.1, -0.05) is 0 Å². The zero-order valence-corrected chi connectivity index (χ0v) is 7.93. The van der Waals surface area contributed by atoms with Gasteiger partial charge in [0.25, 0.3) is 0 Å². The molecule has 0 spiro atoms. The van der Waals surface area contributed by atoms with Crippen molar-refractivity contribution in [1.82, 2.24) is 0 Å². The highest BCUT2D eigenvalue weighted by Gasteiger charge is 2.21. The molecule has 0 aromatic carbocycles. The van der Waals surface area contributed by atoms with Crippen molar-refractivity contribution in [3.8, 4) is 0 Å². The van der Waals surface area contributed by atoms with E-state index in [1.54, 1.807) is 22.0 Å². The molecule has 0 unspecified atom stereocenters. The maximum atomic E-state index is 11.0. The van der Waals surface area contributed by atoms with Crippen molar-refractivity contribution in [3.63, 3.8) is 0 Å². The third kappa shape index (κ3) is 2.98. The first-order valence-corrected chi connectivity index (χ1v) is 7.12. The summed E-state index contributed by atoms with van der Waals surface area (Å²) in [5.41, 5.74) is 0. The van der Waals surface area contributed by atoms with Crippen molar-refractivity contribution in [2.75, 3.05) is 13.2 Å². The van der Waals surface area contributed by atoms with Gasteiger partial charge < -0.3 is 9.05 Å². The lowest BCUT2D eigenvalue weighted by Gasteiger charge is -2.05. The first-order chi connectivity index (χ1) is 4.21. The van der Waals surface area contributed by atoms with E-state index >= 15 is 0 Å². The lowest BCUT2D eigenvalue weighted by molar-refractivity contribution is 0.260. The second-order valence-electron chi connectivity index (χ2n) is 1.80. The average Bonchev–Trinajstić information content (AvgIpc) is 1.92. The Hall–Kier alpha value is 0.880. The van der Waals surface area contributed by atoms with Gasteiger partial charge in [0.2, 0.25) is 0 Å². The number of hydrogen-bond acceptors (Lipinski definition) is 3. The Morgan fingerprint density at radius 1 is 1.22 bits per heavy atom. The lowest BCUT2D eigenvalue weighted by Crippen LogP contribution is -1.83. The quantitative estimate of drug-likeness (QED) is 0.496. The van der Waals surface area contributed by atoms with Gasteiger partial charge in [-0.25, -0.2) is 4.57 Å². The van der Waals surface area contributed by atoms with Crippen LogP contribution >= 0.6 is 27.3 Å². The van der Waals surface area contributed by atoms with Gasteiger partial charge in [-0.2, -0.15) is 0 Å². The van der Waals surface area contributed by atoms with Crippen molar-refractivity contribution in [2.24, 2.45) is 0 Å². The molecule has 0 aromatic heterocycles. The Morgan fingerprint density at radius 3 is 2.11 bits per heavy atom. The van der Waals surface area contributed by atoms with Crippen LogP contribution in [0.4, 0.5) is 0 Å². The Bertz CT molecular complexity index is 126. The lowest BCUT2D eigenvalue weighted by atomic mass is 10.3. The van der Waals surface area contributed by atoms with Gasteiger partial charge in [-0.3, -0.25) is 0 Å². The normalized spacial score (nSPS) is 27.2. The molecule has 0 bridgehead atoms. The van der Waals surface area contributed by atoms with E-state index in [9.17, 15) is 4.57 Å². The SMILES string of the molecule is O=P1(I)OCCCCO1. The van der Waals surface area contributed by atoms with E-state index < -0.39 is 5.24 Å². The maximum Gasteiger partial charge on any atom is 0.388 e. The topological polar surface area (TPSA) is 35.5 Å². The predicted molar refractivity (Wildman–Crippen MR) is 42.8 cm³/mol. The summed E-state index contributed by atoms with van der Waals surface area (Å²) >= 11 is 1.73. The van der Waals surface area contributed by atoms with Crippen LogP contribution in [0.3, 0.4) is 0 Å². The molecule has 1 aliphatic heterocycles. The fraction of sp³-hybridized carbons (Fsp3) is 1.00. The zero-order chi connectivity index (χ0) is 6.74. The van der Waals surface area contributed by atoms with E-state index in [1.165, 1.54) is 0 Å². The molecule has 0 atom stereocenters. The van der Waals surface area contributed by atoms with Crippen LogP contribution in [0.2, 0.25) is 0 Å². The minimum Gasteiger partial charge on any atom is -0.301 e. The summed E-state index contributed by atoms with van der Waals surface area (Å²) < 4.78 is 20.8. The first kappa shape index (κ1) is 7.98. The largest absolute Gasteiger partial charge is 0.388 e.